The average molecular weight is 249 g/mol. The fraction of sp³-hybridized carbons (Fsp3) is 0.500. The molecule has 0 aromatic heterocycles. The topological polar surface area (TPSA) is 49.8 Å². The van der Waals surface area contributed by atoms with Gasteiger partial charge in [-0.05, 0) is 31.4 Å². The third-order valence-electron chi connectivity index (χ3n) is 3.62. The van der Waals surface area contributed by atoms with Crippen molar-refractivity contribution in [2.75, 3.05) is 13.2 Å². The third-order valence-corrected chi connectivity index (χ3v) is 3.62. The largest absolute Gasteiger partial charge is 0.447 e. The molecule has 1 unspecified atom stereocenters. The van der Waals surface area contributed by atoms with Crippen LogP contribution in [-0.4, -0.2) is 34.9 Å². The Kier molecular flexibility index (Phi) is 3.57. The second-order valence-corrected chi connectivity index (χ2v) is 5.04. The van der Waals surface area contributed by atoms with Gasteiger partial charge in [-0.3, -0.25) is 4.90 Å². The van der Waals surface area contributed by atoms with Crippen LogP contribution in [0.4, 0.5) is 4.79 Å². The molecule has 1 N–H and O–H groups in total. The fourth-order valence-electron chi connectivity index (χ4n) is 2.25. The van der Waals surface area contributed by atoms with Crippen LogP contribution in [0.3, 0.4) is 0 Å². The average Bonchev–Trinajstić information content (AvgIpc) is 2.61. The van der Waals surface area contributed by atoms with Crippen molar-refractivity contribution in [2.24, 2.45) is 0 Å². The number of nitrogens with zero attached hydrogens (tertiary/aromatic N) is 1. The zero-order valence-corrected chi connectivity index (χ0v) is 10.8. The van der Waals surface area contributed by atoms with E-state index in [1.54, 1.807) is 4.90 Å². The van der Waals surface area contributed by atoms with Crippen molar-refractivity contribution in [1.82, 2.24) is 4.90 Å². The lowest BCUT2D eigenvalue weighted by atomic mass is 9.97. The summed E-state index contributed by atoms with van der Waals surface area (Å²) in [5.74, 6) is 0. The van der Waals surface area contributed by atoms with Crippen LogP contribution in [0.1, 0.15) is 24.5 Å². The Balaban J connectivity index is 2.21. The number of benzene rings is 1. The number of hydrogen-bond acceptors (Lipinski definition) is 3. The first kappa shape index (κ1) is 12.9. The molecule has 0 aliphatic carbocycles. The van der Waals surface area contributed by atoms with Gasteiger partial charge in [0.2, 0.25) is 0 Å². The molecule has 0 radical (unpaired) electrons. The van der Waals surface area contributed by atoms with Gasteiger partial charge >= 0.3 is 6.09 Å². The van der Waals surface area contributed by atoms with Gasteiger partial charge < -0.3 is 9.84 Å². The molecule has 1 aliphatic rings. The molecule has 1 atom stereocenters. The van der Waals surface area contributed by atoms with Gasteiger partial charge in [0.25, 0.3) is 0 Å². The van der Waals surface area contributed by atoms with E-state index in [9.17, 15) is 4.79 Å². The molecule has 0 bridgehead atoms. The highest BCUT2D eigenvalue weighted by Crippen LogP contribution is 2.29. The van der Waals surface area contributed by atoms with E-state index < -0.39 is 5.54 Å². The number of aliphatic hydroxyl groups excluding tert-OH is 1. The number of hydrogen-bond donors (Lipinski definition) is 1. The zero-order chi connectivity index (χ0) is 13.2. The van der Waals surface area contributed by atoms with Crippen LogP contribution in [0.15, 0.2) is 24.3 Å². The molecule has 0 saturated carbocycles. The first-order valence-corrected chi connectivity index (χ1v) is 6.16. The monoisotopic (exact) mass is 249 g/mol. The summed E-state index contributed by atoms with van der Waals surface area (Å²) < 4.78 is 5.12. The Labute approximate surface area is 107 Å². The Morgan fingerprint density at radius 1 is 1.44 bits per heavy atom. The molecular weight excluding hydrogens is 230 g/mol. The molecule has 2 rings (SSSR count). The smallest absolute Gasteiger partial charge is 0.410 e. The van der Waals surface area contributed by atoms with Crippen molar-refractivity contribution < 1.29 is 14.6 Å². The summed E-state index contributed by atoms with van der Waals surface area (Å²) in [4.78, 5) is 13.5. The van der Waals surface area contributed by atoms with E-state index >= 15 is 0 Å². The van der Waals surface area contributed by atoms with E-state index in [0.29, 0.717) is 19.6 Å². The minimum Gasteiger partial charge on any atom is -0.447 e. The van der Waals surface area contributed by atoms with E-state index in [1.807, 2.05) is 38.1 Å². The lowest BCUT2D eigenvalue weighted by molar-refractivity contribution is 0.131. The summed E-state index contributed by atoms with van der Waals surface area (Å²) in [6.45, 7) is 4.91. The maximum absolute atomic E-state index is 11.8. The molecule has 1 aromatic carbocycles. The van der Waals surface area contributed by atoms with Gasteiger partial charge in [0, 0.05) is 13.2 Å². The highest BCUT2D eigenvalue weighted by Gasteiger charge is 2.43. The summed E-state index contributed by atoms with van der Waals surface area (Å²) in [7, 11) is 0. The number of carbonyl (C=O) groups is 1. The molecule has 1 saturated heterocycles. The van der Waals surface area contributed by atoms with Gasteiger partial charge in [-0.15, -0.1) is 0 Å². The Bertz CT molecular complexity index is 446. The molecule has 1 amide bonds. The van der Waals surface area contributed by atoms with Crippen molar-refractivity contribution in [3.8, 4) is 0 Å². The van der Waals surface area contributed by atoms with Crippen LogP contribution in [0, 0.1) is 6.92 Å². The van der Waals surface area contributed by atoms with Crippen LogP contribution >= 0.6 is 0 Å². The molecule has 1 fully saturated rings. The molecular formula is C14H19NO3. The first-order chi connectivity index (χ1) is 8.57. The molecule has 1 aliphatic heterocycles. The van der Waals surface area contributed by atoms with E-state index in [-0.39, 0.29) is 12.7 Å². The molecule has 4 heteroatoms. The summed E-state index contributed by atoms with van der Waals surface area (Å²) in [5, 5.41) is 9.12. The summed E-state index contributed by atoms with van der Waals surface area (Å²) in [6, 6.07) is 7.99. The van der Waals surface area contributed by atoms with E-state index in [2.05, 4.69) is 0 Å². The highest BCUT2D eigenvalue weighted by molar-refractivity contribution is 5.71. The second kappa shape index (κ2) is 4.98. The Morgan fingerprint density at radius 3 is 2.83 bits per heavy atom. The molecule has 18 heavy (non-hydrogen) atoms. The lowest BCUT2D eigenvalue weighted by Crippen LogP contribution is -2.44. The highest BCUT2D eigenvalue weighted by atomic mass is 16.6. The van der Waals surface area contributed by atoms with Gasteiger partial charge in [0.05, 0.1) is 5.54 Å². The van der Waals surface area contributed by atoms with Crippen LogP contribution in [0.5, 0.6) is 0 Å². The van der Waals surface area contributed by atoms with E-state index in [0.717, 1.165) is 11.1 Å². The van der Waals surface area contributed by atoms with Crippen molar-refractivity contribution >= 4 is 6.09 Å². The summed E-state index contributed by atoms with van der Waals surface area (Å²) >= 11 is 0. The predicted octanol–water partition coefficient (Wildman–Crippen LogP) is 2.09. The number of cyclic esters (lactones) is 1. The van der Waals surface area contributed by atoms with Crippen molar-refractivity contribution in [2.45, 2.75) is 32.4 Å². The molecule has 1 heterocycles. The van der Waals surface area contributed by atoms with Gasteiger partial charge in [-0.1, -0.05) is 24.3 Å². The van der Waals surface area contributed by atoms with Gasteiger partial charge in [-0.25, -0.2) is 4.79 Å². The number of carbonyl (C=O) groups excluding carboxylic acids is 1. The van der Waals surface area contributed by atoms with Crippen molar-refractivity contribution in [3.63, 3.8) is 0 Å². The van der Waals surface area contributed by atoms with E-state index in [1.165, 1.54) is 0 Å². The quantitative estimate of drug-likeness (QED) is 0.889. The zero-order valence-electron chi connectivity index (χ0n) is 10.8. The Morgan fingerprint density at radius 2 is 2.17 bits per heavy atom. The standard InChI is InChI=1S/C14H19NO3/c1-11-5-3-4-6-12(11)9-15-13(17)18-10-14(15,2)7-8-16/h3-6,16H,7-10H2,1-2H3. The Hall–Kier alpha value is -1.55. The number of aryl methyl sites for hydroxylation is 1. The molecule has 1 aromatic rings. The summed E-state index contributed by atoms with van der Waals surface area (Å²) in [5.41, 5.74) is 1.86. The summed E-state index contributed by atoms with van der Waals surface area (Å²) in [6.07, 6.45) is 0.235. The van der Waals surface area contributed by atoms with Crippen LogP contribution in [0.25, 0.3) is 0 Å². The normalized spacial score (nSPS) is 23.3. The number of rotatable bonds is 4. The number of ether oxygens (including phenoxy) is 1. The SMILES string of the molecule is Cc1ccccc1CN1C(=O)OCC1(C)CCO. The number of amides is 1. The predicted molar refractivity (Wildman–Crippen MR) is 68.2 cm³/mol. The van der Waals surface area contributed by atoms with Crippen molar-refractivity contribution in [3.05, 3.63) is 35.4 Å². The molecule has 0 spiro atoms. The van der Waals surface area contributed by atoms with Crippen molar-refractivity contribution in [1.29, 1.82) is 0 Å². The molecule has 4 nitrogen and oxygen atoms in total. The second-order valence-electron chi connectivity index (χ2n) is 5.04. The minimum absolute atomic E-state index is 0.0530. The third kappa shape index (κ3) is 2.34. The van der Waals surface area contributed by atoms with E-state index in [4.69, 9.17) is 9.84 Å². The first-order valence-electron chi connectivity index (χ1n) is 6.16. The van der Waals surface area contributed by atoms with Crippen LogP contribution in [0.2, 0.25) is 0 Å². The number of aliphatic hydroxyl groups is 1. The van der Waals surface area contributed by atoms with Gasteiger partial charge in [-0.2, -0.15) is 0 Å². The van der Waals surface area contributed by atoms with Gasteiger partial charge in [0.1, 0.15) is 6.61 Å². The van der Waals surface area contributed by atoms with Crippen LogP contribution < -0.4 is 0 Å². The molecule has 98 valence electrons. The maximum Gasteiger partial charge on any atom is 0.410 e. The fourth-order valence-corrected chi connectivity index (χ4v) is 2.25. The minimum atomic E-state index is -0.409. The maximum atomic E-state index is 11.8. The van der Waals surface area contributed by atoms with Crippen LogP contribution in [-0.2, 0) is 11.3 Å². The van der Waals surface area contributed by atoms with Gasteiger partial charge in [0.15, 0.2) is 0 Å². The lowest BCUT2D eigenvalue weighted by Gasteiger charge is -2.31.